The zero-order chi connectivity index (χ0) is 17.7. The van der Waals surface area contributed by atoms with Gasteiger partial charge < -0.3 is 15.4 Å². The topological polar surface area (TPSA) is 85.2 Å². The number of carbonyl (C=O) groups excluding carboxylic acids is 2. The van der Waals surface area contributed by atoms with Crippen molar-refractivity contribution >= 4 is 11.9 Å². The fourth-order valence-electron chi connectivity index (χ4n) is 3.91. The maximum Gasteiger partial charge on any atom is 0.331 e. The van der Waals surface area contributed by atoms with Crippen molar-refractivity contribution in [2.45, 2.75) is 62.9 Å². The predicted octanol–water partition coefficient (Wildman–Crippen LogP) is 1.80. The lowest BCUT2D eigenvalue weighted by Crippen LogP contribution is -2.54. The van der Waals surface area contributed by atoms with Crippen LogP contribution in [0.1, 0.15) is 67.9 Å². The highest BCUT2D eigenvalue weighted by atomic mass is 16.5. The molecule has 0 spiro atoms. The Balaban J connectivity index is 1.72. The molecule has 1 saturated heterocycles. The lowest BCUT2D eigenvalue weighted by Gasteiger charge is -2.30. The number of methoxy groups -OCH3 is 1. The minimum Gasteiger partial charge on any atom is -0.467 e. The molecule has 1 unspecified atom stereocenters. The van der Waals surface area contributed by atoms with Crippen molar-refractivity contribution in [1.29, 1.82) is 0 Å². The number of nitrogens with one attached hydrogen (secondary N) is 2. The number of hydrogen-bond donors (Lipinski definition) is 2. The van der Waals surface area contributed by atoms with E-state index in [9.17, 15) is 9.59 Å². The second-order valence-corrected chi connectivity index (χ2v) is 7.12. The van der Waals surface area contributed by atoms with Gasteiger partial charge in [0.2, 0.25) is 0 Å². The summed E-state index contributed by atoms with van der Waals surface area (Å²) in [6.07, 6.45) is 9.26. The highest BCUT2D eigenvalue weighted by Crippen LogP contribution is 2.29. The van der Waals surface area contributed by atoms with Crippen LogP contribution in [0.5, 0.6) is 0 Å². The van der Waals surface area contributed by atoms with Crippen LogP contribution in [0, 0.1) is 0 Å². The third-order valence-electron chi connectivity index (χ3n) is 5.37. The Morgan fingerprint density at radius 3 is 2.68 bits per heavy atom. The molecule has 0 radical (unpaired) electrons. The number of rotatable bonds is 4. The summed E-state index contributed by atoms with van der Waals surface area (Å²) in [4.78, 5) is 25.1. The molecule has 2 aliphatic rings. The number of esters is 1. The molecule has 1 aliphatic carbocycles. The van der Waals surface area contributed by atoms with Crippen molar-refractivity contribution in [1.82, 2.24) is 20.4 Å². The standard InChI is InChI=1S/C18H28N4O3/c1-25-17(24)18(9-4-2-3-5-10-18)20-16(23)15-8-12-22(21-15)14-7-6-11-19-13-14/h8,12,14,19H,2-7,9-11,13H2,1H3,(H,20,23). The van der Waals surface area contributed by atoms with Gasteiger partial charge in [-0.1, -0.05) is 25.7 Å². The van der Waals surface area contributed by atoms with Gasteiger partial charge in [-0.2, -0.15) is 5.10 Å². The first-order valence-electron chi connectivity index (χ1n) is 9.31. The molecule has 3 rings (SSSR count). The maximum atomic E-state index is 12.7. The van der Waals surface area contributed by atoms with E-state index in [1.54, 1.807) is 6.07 Å². The zero-order valence-corrected chi connectivity index (χ0v) is 14.9. The summed E-state index contributed by atoms with van der Waals surface area (Å²) in [7, 11) is 1.38. The molecule has 7 heteroatoms. The highest BCUT2D eigenvalue weighted by molar-refractivity contribution is 5.96. The Morgan fingerprint density at radius 2 is 2.04 bits per heavy atom. The van der Waals surface area contributed by atoms with E-state index in [0.717, 1.165) is 51.6 Å². The van der Waals surface area contributed by atoms with Crippen molar-refractivity contribution in [2.24, 2.45) is 0 Å². The van der Waals surface area contributed by atoms with Crippen LogP contribution in [0.4, 0.5) is 0 Å². The molecule has 2 fully saturated rings. The van der Waals surface area contributed by atoms with Crippen LogP contribution in [0.2, 0.25) is 0 Å². The molecule has 1 atom stereocenters. The third-order valence-corrected chi connectivity index (χ3v) is 5.37. The second kappa shape index (κ2) is 7.99. The summed E-state index contributed by atoms with van der Waals surface area (Å²) in [5.41, 5.74) is -0.559. The molecule has 138 valence electrons. The van der Waals surface area contributed by atoms with Gasteiger partial charge in [0.1, 0.15) is 11.2 Å². The van der Waals surface area contributed by atoms with E-state index in [0.29, 0.717) is 18.5 Å². The van der Waals surface area contributed by atoms with E-state index in [4.69, 9.17) is 4.74 Å². The molecule has 0 aromatic carbocycles. The van der Waals surface area contributed by atoms with Gasteiger partial charge in [0, 0.05) is 12.7 Å². The van der Waals surface area contributed by atoms with E-state index < -0.39 is 5.54 Å². The van der Waals surface area contributed by atoms with Crippen LogP contribution in [0.15, 0.2) is 12.3 Å². The lowest BCUT2D eigenvalue weighted by molar-refractivity contribution is -0.148. The van der Waals surface area contributed by atoms with Gasteiger partial charge in [-0.3, -0.25) is 9.48 Å². The largest absolute Gasteiger partial charge is 0.467 e. The molecule has 7 nitrogen and oxygen atoms in total. The summed E-state index contributed by atoms with van der Waals surface area (Å²) in [6.45, 7) is 1.90. The second-order valence-electron chi connectivity index (χ2n) is 7.12. The number of aromatic nitrogens is 2. The molecule has 1 aromatic heterocycles. The van der Waals surface area contributed by atoms with Crippen LogP contribution >= 0.6 is 0 Å². The fraction of sp³-hybridized carbons (Fsp3) is 0.722. The summed E-state index contributed by atoms with van der Waals surface area (Å²) in [5, 5.41) is 10.8. The smallest absolute Gasteiger partial charge is 0.331 e. The Morgan fingerprint density at radius 1 is 1.28 bits per heavy atom. The predicted molar refractivity (Wildman–Crippen MR) is 93.3 cm³/mol. The van der Waals surface area contributed by atoms with Crippen molar-refractivity contribution < 1.29 is 14.3 Å². The Labute approximate surface area is 148 Å². The number of carbonyl (C=O) groups is 2. The first-order valence-corrected chi connectivity index (χ1v) is 9.31. The van der Waals surface area contributed by atoms with E-state index in [-0.39, 0.29) is 17.9 Å². The van der Waals surface area contributed by atoms with Gasteiger partial charge in [-0.15, -0.1) is 0 Å². The average Bonchev–Trinajstić information content (AvgIpc) is 3.03. The van der Waals surface area contributed by atoms with Crippen molar-refractivity contribution in [3.05, 3.63) is 18.0 Å². The molecule has 1 amide bonds. The Kier molecular flexibility index (Phi) is 5.73. The molecule has 1 saturated carbocycles. The molecular weight excluding hydrogens is 320 g/mol. The summed E-state index contributed by atoms with van der Waals surface area (Å²) in [5.74, 6) is -0.645. The number of nitrogens with zero attached hydrogens (tertiary/aromatic N) is 2. The third kappa shape index (κ3) is 4.03. The normalized spacial score (nSPS) is 23.5. The van der Waals surface area contributed by atoms with Crippen LogP contribution in [0.25, 0.3) is 0 Å². The summed E-state index contributed by atoms with van der Waals surface area (Å²) < 4.78 is 6.86. The summed E-state index contributed by atoms with van der Waals surface area (Å²) in [6, 6.07) is 2.01. The molecule has 1 aliphatic heterocycles. The van der Waals surface area contributed by atoms with Crippen LogP contribution in [-0.4, -0.2) is 47.4 Å². The van der Waals surface area contributed by atoms with Gasteiger partial charge in [0.05, 0.1) is 13.2 Å². The number of amides is 1. The number of ether oxygens (including phenoxy) is 1. The molecule has 25 heavy (non-hydrogen) atoms. The minimum absolute atomic E-state index is 0.280. The molecular formula is C18H28N4O3. The van der Waals surface area contributed by atoms with Gasteiger partial charge in [-0.05, 0) is 38.3 Å². The van der Waals surface area contributed by atoms with Gasteiger partial charge in [0.25, 0.3) is 5.91 Å². The quantitative estimate of drug-likeness (QED) is 0.640. The van der Waals surface area contributed by atoms with Crippen molar-refractivity contribution in [3.8, 4) is 0 Å². The maximum absolute atomic E-state index is 12.7. The molecule has 2 N–H and O–H groups in total. The van der Waals surface area contributed by atoms with Gasteiger partial charge in [0.15, 0.2) is 0 Å². The van der Waals surface area contributed by atoms with E-state index >= 15 is 0 Å². The van der Waals surface area contributed by atoms with Crippen LogP contribution in [0.3, 0.4) is 0 Å². The monoisotopic (exact) mass is 348 g/mol. The average molecular weight is 348 g/mol. The zero-order valence-electron chi connectivity index (χ0n) is 14.9. The molecule has 0 bridgehead atoms. The molecule has 1 aromatic rings. The van der Waals surface area contributed by atoms with Crippen molar-refractivity contribution in [3.63, 3.8) is 0 Å². The SMILES string of the molecule is COC(=O)C1(NC(=O)c2ccn(C3CCCNC3)n2)CCCCCC1. The fourth-order valence-corrected chi connectivity index (χ4v) is 3.91. The molecule has 2 heterocycles. The number of piperidine rings is 1. The number of hydrogen-bond acceptors (Lipinski definition) is 5. The minimum atomic E-state index is -0.918. The first-order chi connectivity index (χ1) is 12.1. The van der Waals surface area contributed by atoms with Crippen LogP contribution in [-0.2, 0) is 9.53 Å². The Hall–Kier alpha value is -1.89. The first kappa shape index (κ1) is 17.9. The van der Waals surface area contributed by atoms with Crippen molar-refractivity contribution in [2.75, 3.05) is 20.2 Å². The lowest BCUT2D eigenvalue weighted by atomic mass is 9.90. The van der Waals surface area contributed by atoms with Crippen LogP contribution < -0.4 is 10.6 Å². The highest BCUT2D eigenvalue weighted by Gasteiger charge is 2.41. The Bertz CT molecular complexity index is 599. The van der Waals surface area contributed by atoms with E-state index in [2.05, 4.69) is 15.7 Å². The van der Waals surface area contributed by atoms with Gasteiger partial charge in [-0.25, -0.2) is 4.79 Å². The van der Waals surface area contributed by atoms with Gasteiger partial charge >= 0.3 is 5.97 Å². The van der Waals surface area contributed by atoms with E-state index in [1.165, 1.54) is 7.11 Å². The summed E-state index contributed by atoms with van der Waals surface area (Å²) >= 11 is 0. The van der Waals surface area contributed by atoms with E-state index in [1.807, 2.05) is 10.9 Å².